The fourth-order valence-corrected chi connectivity index (χ4v) is 3.55. The van der Waals surface area contributed by atoms with E-state index in [1.54, 1.807) is 4.90 Å². The predicted octanol–water partition coefficient (Wildman–Crippen LogP) is 1.65. The molecule has 0 saturated carbocycles. The first-order chi connectivity index (χ1) is 10.0. The molecule has 0 radical (unpaired) electrons. The molecule has 1 unspecified atom stereocenters. The van der Waals surface area contributed by atoms with Crippen LogP contribution < -0.4 is 0 Å². The van der Waals surface area contributed by atoms with Crippen LogP contribution in [0.1, 0.15) is 25.5 Å². The summed E-state index contributed by atoms with van der Waals surface area (Å²) in [5.74, 6) is -0.847. The van der Waals surface area contributed by atoms with E-state index in [9.17, 15) is 14.7 Å². The van der Waals surface area contributed by atoms with Crippen LogP contribution in [0.25, 0.3) is 4.96 Å². The Labute approximate surface area is 126 Å². The maximum absolute atomic E-state index is 12.3. The van der Waals surface area contributed by atoms with E-state index in [2.05, 4.69) is 4.98 Å². The molecule has 0 bridgehead atoms. The van der Waals surface area contributed by atoms with Crippen LogP contribution in [-0.4, -0.2) is 44.4 Å². The Kier molecular flexibility index (Phi) is 3.44. The van der Waals surface area contributed by atoms with Crippen molar-refractivity contribution in [1.82, 2.24) is 14.3 Å². The zero-order valence-corrected chi connectivity index (χ0v) is 12.6. The number of carboxylic acids is 1. The Balaban J connectivity index is 1.69. The van der Waals surface area contributed by atoms with Crippen LogP contribution in [0.5, 0.6) is 0 Å². The van der Waals surface area contributed by atoms with E-state index in [4.69, 9.17) is 0 Å². The molecule has 2 aromatic heterocycles. The van der Waals surface area contributed by atoms with Gasteiger partial charge in [0.2, 0.25) is 5.91 Å². The number of likely N-dealkylation sites (tertiary alicyclic amines) is 1. The quantitative estimate of drug-likeness (QED) is 0.932. The highest BCUT2D eigenvalue weighted by molar-refractivity contribution is 7.15. The van der Waals surface area contributed by atoms with Gasteiger partial charge in [0.1, 0.15) is 0 Å². The van der Waals surface area contributed by atoms with E-state index < -0.39 is 11.4 Å². The van der Waals surface area contributed by atoms with Gasteiger partial charge in [-0.25, -0.2) is 4.98 Å². The number of nitrogens with zero attached hydrogens (tertiary/aromatic N) is 3. The Morgan fingerprint density at radius 1 is 1.52 bits per heavy atom. The van der Waals surface area contributed by atoms with Crippen LogP contribution in [-0.2, 0) is 16.0 Å². The van der Waals surface area contributed by atoms with Gasteiger partial charge in [0.25, 0.3) is 0 Å². The Morgan fingerprint density at radius 2 is 2.33 bits per heavy atom. The lowest BCUT2D eigenvalue weighted by Crippen LogP contribution is -2.37. The number of carbonyl (C=O) groups is 2. The van der Waals surface area contributed by atoms with Gasteiger partial charge in [0.05, 0.1) is 17.5 Å². The summed E-state index contributed by atoms with van der Waals surface area (Å²) < 4.78 is 1.89. The lowest BCUT2D eigenvalue weighted by Gasteiger charge is -2.22. The SMILES string of the molecule is CCC1(C(=O)O)CCN(C(=O)Cc2cn3ccsc3n2)C1. The number of carboxylic acid groups (broad SMARTS) is 1. The molecule has 6 nitrogen and oxygen atoms in total. The molecule has 3 heterocycles. The second-order valence-corrected chi connectivity index (χ2v) is 6.38. The monoisotopic (exact) mass is 307 g/mol. The number of aromatic nitrogens is 2. The summed E-state index contributed by atoms with van der Waals surface area (Å²) in [6.45, 7) is 2.69. The van der Waals surface area contributed by atoms with Crippen LogP contribution in [0.15, 0.2) is 17.8 Å². The van der Waals surface area contributed by atoms with Gasteiger partial charge in [-0.2, -0.15) is 0 Å². The number of carbonyl (C=O) groups excluding carboxylic acids is 1. The number of rotatable bonds is 4. The van der Waals surface area contributed by atoms with E-state index in [0.717, 1.165) is 10.7 Å². The number of hydrogen-bond donors (Lipinski definition) is 1. The first kappa shape index (κ1) is 14.1. The molecule has 1 atom stereocenters. The maximum Gasteiger partial charge on any atom is 0.311 e. The third-order valence-corrected chi connectivity index (χ3v) is 5.08. The first-order valence-corrected chi connectivity index (χ1v) is 7.84. The van der Waals surface area contributed by atoms with Crippen LogP contribution in [0.3, 0.4) is 0 Å². The number of thiazole rings is 1. The third-order valence-electron chi connectivity index (χ3n) is 4.31. The molecule has 1 aliphatic rings. The summed E-state index contributed by atoms with van der Waals surface area (Å²) in [5.41, 5.74) is -0.0410. The molecule has 0 spiro atoms. The standard InChI is InChI=1S/C14H17N3O3S/c1-2-14(12(19)20)3-4-17(9-14)11(18)7-10-8-16-5-6-21-13(16)15-10/h5-6,8H,2-4,7,9H2,1H3,(H,19,20). The lowest BCUT2D eigenvalue weighted by molar-refractivity contribution is -0.148. The van der Waals surface area contributed by atoms with Crippen LogP contribution in [0, 0.1) is 5.41 Å². The van der Waals surface area contributed by atoms with Crippen molar-refractivity contribution in [1.29, 1.82) is 0 Å². The summed E-state index contributed by atoms with van der Waals surface area (Å²) >= 11 is 1.52. The summed E-state index contributed by atoms with van der Waals surface area (Å²) in [4.78, 5) is 30.7. The van der Waals surface area contributed by atoms with Crippen molar-refractivity contribution in [2.45, 2.75) is 26.2 Å². The maximum atomic E-state index is 12.3. The minimum atomic E-state index is -0.803. The number of aliphatic carboxylic acids is 1. The molecule has 1 saturated heterocycles. The summed E-state index contributed by atoms with van der Waals surface area (Å²) in [6.07, 6.45) is 5.07. The second kappa shape index (κ2) is 5.14. The topological polar surface area (TPSA) is 74.9 Å². The number of imidazole rings is 1. The zero-order chi connectivity index (χ0) is 15.0. The van der Waals surface area contributed by atoms with Gasteiger partial charge in [-0.1, -0.05) is 6.92 Å². The smallest absolute Gasteiger partial charge is 0.311 e. The largest absolute Gasteiger partial charge is 0.481 e. The molecule has 0 aromatic carbocycles. The van der Waals surface area contributed by atoms with Gasteiger partial charge in [-0.05, 0) is 12.8 Å². The lowest BCUT2D eigenvalue weighted by atomic mass is 9.84. The molecule has 1 aliphatic heterocycles. The van der Waals surface area contributed by atoms with Gasteiger partial charge in [-0.3, -0.25) is 14.0 Å². The van der Waals surface area contributed by atoms with Crippen molar-refractivity contribution in [2.75, 3.05) is 13.1 Å². The highest BCUT2D eigenvalue weighted by atomic mass is 32.1. The highest BCUT2D eigenvalue weighted by Gasteiger charge is 2.44. The van der Waals surface area contributed by atoms with E-state index in [1.165, 1.54) is 11.3 Å². The fourth-order valence-electron chi connectivity index (χ4n) is 2.83. The van der Waals surface area contributed by atoms with Gasteiger partial charge in [0, 0.05) is 30.9 Å². The van der Waals surface area contributed by atoms with Gasteiger partial charge < -0.3 is 10.0 Å². The summed E-state index contributed by atoms with van der Waals surface area (Å²) in [5, 5.41) is 11.3. The van der Waals surface area contributed by atoms with Crippen molar-refractivity contribution in [3.63, 3.8) is 0 Å². The molecule has 1 N–H and O–H groups in total. The average molecular weight is 307 g/mol. The molecule has 7 heteroatoms. The fraction of sp³-hybridized carbons (Fsp3) is 0.500. The molecule has 2 aromatic rings. The number of fused-ring (bicyclic) bond motifs is 1. The summed E-state index contributed by atoms with van der Waals surface area (Å²) in [7, 11) is 0. The number of hydrogen-bond acceptors (Lipinski definition) is 4. The van der Waals surface area contributed by atoms with Crippen molar-refractivity contribution >= 4 is 28.2 Å². The minimum Gasteiger partial charge on any atom is -0.481 e. The van der Waals surface area contributed by atoms with Gasteiger partial charge >= 0.3 is 5.97 Å². The van der Waals surface area contributed by atoms with Crippen molar-refractivity contribution < 1.29 is 14.7 Å². The molecule has 21 heavy (non-hydrogen) atoms. The number of amides is 1. The molecule has 1 amide bonds. The van der Waals surface area contributed by atoms with Gasteiger partial charge in [-0.15, -0.1) is 11.3 Å². The molecular weight excluding hydrogens is 290 g/mol. The Hall–Kier alpha value is -1.89. The highest BCUT2D eigenvalue weighted by Crippen LogP contribution is 2.34. The molecule has 1 fully saturated rings. The van der Waals surface area contributed by atoms with E-state index in [0.29, 0.717) is 25.9 Å². The Morgan fingerprint density at radius 3 is 2.95 bits per heavy atom. The normalized spacial score (nSPS) is 22.0. The minimum absolute atomic E-state index is 0.0441. The molecule has 3 rings (SSSR count). The van der Waals surface area contributed by atoms with Gasteiger partial charge in [0.15, 0.2) is 4.96 Å². The van der Waals surface area contributed by atoms with E-state index >= 15 is 0 Å². The molecular formula is C14H17N3O3S. The van der Waals surface area contributed by atoms with Crippen LogP contribution >= 0.6 is 11.3 Å². The van der Waals surface area contributed by atoms with Crippen LogP contribution in [0.4, 0.5) is 0 Å². The second-order valence-electron chi connectivity index (χ2n) is 5.51. The average Bonchev–Trinajstić information content (AvgIpc) is 3.11. The Bertz CT molecular complexity index is 664. The van der Waals surface area contributed by atoms with Crippen molar-refractivity contribution in [3.8, 4) is 0 Å². The van der Waals surface area contributed by atoms with E-state index in [-0.39, 0.29) is 12.3 Å². The third kappa shape index (κ3) is 2.42. The van der Waals surface area contributed by atoms with Crippen LogP contribution in [0.2, 0.25) is 0 Å². The summed E-state index contributed by atoms with van der Waals surface area (Å²) in [6, 6.07) is 0. The molecule has 0 aliphatic carbocycles. The molecule has 112 valence electrons. The predicted molar refractivity (Wildman–Crippen MR) is 78.3 cm³/mol. The van der Waals surface area contributed by atoms with Crippen molar-refractivity contribution in [3.05, 3.63) is 23.5 Å². The first-order valence-electron chi connectivity index (χ1n) is 6.96. The van der Waals surface area contributed by atoms with Crippen molar-refractivity contribution in [2.24, 2.45) is 5.41 Å². The zero-order valence-electron chi connectivity index (χ0n) is 11.8. The van der Waals surface area contributed by atoms with E-state index in [1.807, 2.05) is 29.1 Å².